The summed E-state index contributed by atoms with van der Waals surface area (Å²) in [5.74, 6) is -0.687. The summed E-state index contributed by atoms with van der Waals surface area (Å²) < 4.78 is 0. The van der Waals surface area contributed by atoms with E-state index in [-0.39, 0.29) is 30.6 Å². The summed E-state index contributed by atoms with van der Waals surface area (Å²) in [6, 6.07) is 14.5. The first-order valence-electron chi connectivity index (χ1n) is 9.62. The Bertz CT molecular complexity index is 971. The van der Waals surface area contributed by atoms with E-state index < -0.39 is 5.66 Å². The highest BCUT2D eigenvalue weighted by molar-refractivity contribution is 6.18. The summed E-state index contributed by atoms with van der Waals surface area (Å²) in [6.45, 7) is 4.27. The molecule has 0 unspecified atom stereocenters. The zero-order valence-corrected chi connectivity index (χ0v) is 16.1. The molecule has 0 saturated carbocycles. The molecule has 1 atom stereocenters. The molecule has 2 aliphatic heterocycles. The van der Waals surface area contributed by atoms with Crippen molar-refractivity contribution >= 4 is 29.1 Å². The molecule has 2 aromatic carbocycles. The molecule has 2 aromatic rings. The lowest BCUT2D eigenvalue weighted by atomic mass is 9.95. The van der Waals surface area contributed by atoms with E-state index in [2.05, 4.69) is 5.32 Å². The Morgan fingerprint density at radius 2 is 1.82 bits per heavy atom. The number of nitrogens with one attached hydrogen (secondary N) is 1. The Morgan fingerprint density at radius 1 is 1.11 bits per heavy atom. The highest BCUT2D eigenvalue weighted by Crippen LogP contribution is 2.45. The molecule has 0 radical (unpaired) electrons. The Morgan fingerprint density at radius 3 is 2.57 bits per heavy atom. The average Bonchev–Trinajstić information content (AvgIpc) is 3.05. The largest absolute Gasteiger partial charge is 0.322 e. The van der Waals surface area contributed by atoms with Crippen LogP contribution in [0.2, 0.25) is 0 Å². The maximum absolute atomic E-state index is 13.6. The fourth-order valence-electron chi connectivity index (χ4n) is 4.25. The van der Waals surface area contributed by atoms with Gasteiger partial charge in [0.2, 0.25) is 11.6 Å². The first kappa shape index (κ1) is 18.2. The van der Waals surface area contributed by atoms with Gasteiger partial charge in [0.1, 0.15) is 0 Å². The van der Waals surface area contributed by atoms with Crippen LogP contribution in [0.3, 0.4) is 0 Å². The Hall–Kier alpha value is -3.15. The van der Waals surface area contributed by atoms with Gasteiger partial charge in [0.25, 0.3) is 11.8 Å². The van der Waals surface area contributed by atoms with E-state index in [9.17, 15) is 14.4 Å². The van der Waals surface area contributed by atoms with Crippen LogP contribution >= 0.6 is 0 Å². The van der Waals surface area contributed by atoms with Gasteiger partial charge in [0.05, 0.1) is 11.3 Å². The van der Waals surface area contributed by atoms with Crippen LogP contribution in [-0.4, -0.2) is 34.8 Å². The van der Waals surface area contributed by atoms with E-state index in [1.807, 2.05) is 38.1 Å². The van der Waals surface area contributed by atoms with Crippen LogP contribution in [0.4, 0.5) is 11.4 Å². The molecule has 1 N–H and O–H groups in total. The quantitative estimate of drug-likeness (QED) is 0.889. The molecule has 0 aromatic heterocycles. The molecule has 1 fully saturated rings. The minimum atomic E-state index is -1.33. The Balaban J connectivity index is 1.86. The molecule has 1 saturated heterocycles. The molecule has 0 aliphatic carbocycles. The third kappa shape index (κ3) is 2.52. The molecular formula is C22H23N3O3. The Kier molecular flexibility index (Phi) is 4.41. The highest BCUT2D eigenvalue weighted by atomic mass is 16.2. The second-order valence-corrected chi connectivity index (χ2v) is 7.29. The van der Waals surface area contributed by atoms with Crippen LogP contribution in [0, 0.1) is 6.92 Å². The van der Waals surface area contributed by atoms with Gasteiger partial charge in [-0.3, -0.25) is 19.3 Å². The number of rotatable bonds is 4. The molecular weight excluding hydrogens is 354 g/mol. The number of fused-ring (bicyclic) bond motifs is 3. The average molecular weight is 377 g/mol. The molecule has 2 aliphatic rings. The third-order valence-electron chi connectivity index (χ3n) is 5.58. The van der Waals surface area contributed by atoms with Gasteiger partial charge in [0.15, 0.2) is 0 Å². The summed E-state index contributed by atoms with van der Waals surface area (Å²) in [4.78, 5) is 42.9. The number of aryl methyl sites for hydroxylation is 1. The van der Waals surface area contributed by atoms with Crippen LogP contribution in [0.15, 0.2) is 48.5 Å². The molecule has 6 nitrogen and oxygen atoms in total. The van der Waals surface area contributed by atoms with E-state index >= 15 is 0 Å². The fraction of sp³-hybridized carbons (Fsp3) is 0.318. The number of benzene rings is 2. The summed E-state index contributed by atoms with van der Waals surface area (Å²) in [5.41, 5.74) is 1.25. The van der Waals surface area contributed by atoms with Gasteiger partial charge in [-0.15, -0.1) is 0 Å². The van der Waals surface area contributed by atoms with Gasteiger partial charge >= 0.3 is 0 Å². The van der Waals surface area contributed by atoms with Crippen molar-refractivity contribution in [3.63, 3.8) is 0 Å². The van der Waals surface area contributed by atoms with Crippen molar-refractivity contribution in [1.29, 1.82) is 0 Å². The van der Waals surface area contributed by atoms with Crippen LogP contribution in [0.25, 0.3) is 0 Å². The zero-order chi connectivity index (χ0) is 19.9. The number of carbonyl (C=O) groups is 3. The number of carbonyl (C=O) groups excluding carboxylic acids is 3. The lowest BCUT2D eigenvalue weighted by Crippen LogP contribution is -2.69. The monoisotopic (exact) mass is 377 g/mol. The van der Waals surface area contributed by atoms with Gasteiger partial charge in [-0.25, -0.2) is 0 Å². The maximum atomic E-state index is 13.6. The first-order chi connectivity index (χ1) is 13.5. The summed E-state index contributed by atoms with van der Waals surface area (Å²) in [6.07, 6.45) is 1.20. The van der Waals surface area contributed by atoms with Crippen molar-refractivity contribution in [2.75, 3.05) is 16.8 Å². The molecule has 2 heterocycles. The van der Waals surface area contributed by atoms with Crippen molar-refractivity contribution in [2.24, 2.45) is 0 Å². The number of amides is 3. The molecule has 0 bridgehead atoms. The van der Waals surface area contributed by atoms with E-state index in [0.29, 0.717) is 29.9 Å². The summed E-state index contributed by atoms with van der Waals surface area (Å²) >= 11 is 0. The SMILES string of the molecule is CCCN1C(=O)c2ccccc2N2C(=O)CC[C@]12C(=O)Nc1ccccc1C. The topological polar surface area (TPSA) is 69.7 Å². The molecule has 28 heavy (non-hydrogen) atoms. The van der Waals surface area contributed by atoms with Gasteiger partial charge in [-0.05, 0) is 37.1 Å². The van der Waals surface area contributed by atoms with Crippen molar-refractivity contribution in [3.05, 3.63) is 59.7 Å². The van der Waals surface area contributed by atoms with E-state index in [1.165, 1.54) is 4.90 Å². The van der Waals surface area contributed by atoms with Gasteiger partial charge in [-0.2, -0.15) is 0 Å². The van der Waals surface area contributed by atoms with Crippen LogP contribution in [-0.2, 0) is 9.59 Å². The van der Waals surface area contributed by atoms with Gasteiger partial charge < -0.3 is 10.2 Å². The summed E-state index contributed by atoms with van der Waals surface area (Å²) in [5, 5.41) is 2.98. The lowest BCUT2D eigenvalue weighted by molar-refractivity contribution is -0.128. The molecule has 0 spiro atoms. The number of anilines is 2. The van der Waals surface area contributed by atoms with Crippen LogP contribution in [0.1, 0.15) is 42.1 Å². The molecule has 3 amide bonds. The van der Waals surface area contributed by atoms with E-state index in [0.717, 1.165) is 5.56 Å². The predicted molar refractivity (Wildman–Crippen MR) is 107 cm³/mol. The van der Waals surface area contributed by atoms with Crippen molar-refractivity contribution in [3.8, 4) is 0 Å². The second-order valence-electron chi connectivity index (χ2n) is 7.29. The number of hydrogen-bond donors (Lipinski definition) is 1. The van der Waals surface area contributed by atoms with E-state index in [4.69, 9.17) is 0 Å². The van der Waals surface area contributed by atoms with Crippen molar-refractivity contribution in [1.82, 2.24) is 4.90 Å². The molecule has 6 heteroatoms. The predicted octanol–water partition coefficient (Wildman–Crippen LogP) is 3.32. The Labute approximate surface area is 164 Å². The number of hydrogen-bond acceptors (Lipinski definition) is 3. The standard InChI is InChI=1S/C22H23N3O3/c1-3-14-24-20(27)16-9-5-7-11-18(16)25-19(26)12-13-22(24,25)21(28)23-17-10-6-4-8-15(17)2/h4-11H,3,12-14H2,1-2H3,(H,23,28)/t22-/m0/s1. The minimum absolute atomic E-state index is 0.138. The maximum Gasteiger partial charge on any atom is 0.271 e. The van der Waals surface area contributed by atoms with Gasteiger partial charge in [0, 0.05) is 25.1 Å². The first-order valence-corrected chi connectivity index (χ1v) is 9.62. The van der Waals surface area contributed by atoms with E-state index in [1.54, 1.807) is 29.2 Å². The number of nitrogens with zero attached hydrogens (tertiary/aromatic N) is 2. The third-order valence-corrected chi connectivity index (χ3v) is 5.58. The highest BCUT2D eigenvalue weighted by Gasteiger charge is 2.60. The fourth-order valence-corrected chi connectivity index (χ4v) is 4.25. The molecule has 4 rings (SSSR count). The summed E-state index contributed by atoms with van der Waals surface area (Å²) in [7, 11) is 0. The van der Waals surface area contributed by atoms with Crippen LogP contribution < -0.4 is 10.2 Å². The second kappa shape index (κ2) is 6.78. The molecule has 144 valence electrons. The minimum Gasteiger partial charge on any atom is -0.322 e. The number of para-hydroxylation sites is 2. The van der Waals surface area contributed by atoms with Crippen molar-refractivity contribution < 1.29 is 14.4 Å². The smallest absolute Gasteiger partial charge is 0.271 e. The van der Waals surface area contributed by atoms with Gasteiger partial charge in [-0.1, -0.05) is 37.3 Å². The zero-order valence-electron chi connectivity index (χ0n) is 16.1. The lowest BCUT2D eigenvalue weighted by Gasteiger charge is -2.49. The van der Waals surface area contributed by atoms with Crippen LogP contribution in [0.5, 0.6) is 0 Å². The normalized spacial score (nSPS) is 20.8. The van der Waals surface area contributed by atoms with Crippen molar-refractivity contribution in [2.45, 2.75) is 38.8 Å².